The number of rotatable bonds is 1. The predicted octanol–water partition coefficient (Wildman–Crippen LogP) is 1.08. The highest BCUT2D eigenvalue weighted by Gasteiger charge is 2.06. The van der Waals surface area contributed by atoms with Crippen LogP contribution in [0.25, 0.3) is 5.65 Å². The minimum atomic E-state index is -0.0961. The summed E-state index contributed by atoms with van der Waals surface area (Å²) in [5.74, 6) is 0.264. The van der Waals surface area contributed by atoms with Gasteiger partial charge in [-0.15, -0.1) is 11.6 Å². The SMILES string of the molecule is Cc1cc2nc(CCl)cc(=O)n2n1C. The first-order valence-electron chi connectivity index (χ1n) is 4.24. The normalized spacial score (nSPS) is 11.1. The lowest BCUT2D eigenvalue weighted by molar-refractivity contribution is 0.659. The van der Waals surface area contributed by atoms with Crippen molar-refractivity contribution >= 4 is 17.2 Å². The van der Waals surface area contributed by atoms with Crippen LogP contribution < -0.4 is 5.56 Å². The molecule has 0 saturated heterocycles. The van der Waals surface area contributed by atoms with Crippen molar-refractivity contribution in [2.75, 3.05) is 0 Å². The zero-order valence-corrected chi connectivity index (χ0v) is 8.75. The Balaban J connectivity index is 2.90. The van der Waals surface area contributed by atoms with Crippen LogP contribution >= 0.6 is 11.6 Å². The van der Waals surface area contributed by atoms with E-state index < -0.39 is 0 Å². The molecule has 5 heteroatoms. The zero-order chi connectivity index (χ0) is 10.3. The van der Waals surface area contributed by atoms with Gasteiger partial charge in [-0.2, -0.15) is 4.52 Å². The number of aromatic nitrogens is 3. The molecule has 0 fully saturated rings. The molecule has 0 aromatic carbocycles. The van der Waals surface area contributed by atoms with Crippen LogP contribution in [0.5, 0.6) is 0 Å². The molecule has 0 bridgehead atoms. The lowest BCUT2D eigenvalue weighted by Gasteiger charge is -2.00. The van der Waals surface area contributed by atoms with Gasteiger partial charge in [0.1, 0.15) is 0 Å². The summed E-state index contributed by atoms with van der Waals surface area (Å²) in [5.41, 5.74) is 2.15. The molecule has 14 heavy (non-hydrogen) atoms. The molecule has 0 spiro atoms. The molecule has 0 unspecified atom stereocenters. The van der Waals surface area contributed by atoms with E-state index in [9.17, 15) is 4.79 Å². The first-order chi connectivity index (χ1) is 6.63. The Morgan fingerprint density at radius 3 is 2.86 bits per heavy atom. The second-order valence-corrected chi connectivity index (χ2v) is 3.47. The molecule has 0 atom stereocenters. The van der Waals surface area contributed by atoms with Crippen molar-refractivity contribution in [2.24, 2.45) is 7.05 Å². The fourth-order valence-electron chi connectivity index (χ4n) is 1.44. The van der Waals surface area contributed by atoms with Gasteiger partial charge in [-0.05, 0) is 6.92 Å². The zero-order valence-electron chi connectivity index (χ0n) is 7.99. The lowest BCUT2D eigenvalue weighted by Crippen LogP contribution is -2.20. The van der Waals surface area contributed by atoms with Crippen LogP contribution in [0.3, 0.4) is 0 Å². The lowest BCUT2D eigenvalue weighted by atomic mass is 10.4. The molecule has 0 amide bonds. The largest absolute Gasteiger partial charge is 0.284 e. The van der Waals surface area contributed by atoms with E-state index in [2.05, 4.69) is 4.98 Å². The van der Waals surface area contributed by atoms with Crippen LogP contribution in [-0.4, -0.2) is 14.2 Å². The van der Waals surface area contributed by atoms with Gasteiger partial charge in [-0.1, -0.05) is 0 Å². The van der Waals surface area contributed by atoms with Crippen molar-refractivity contribution < 1.29 is 0 Å². The Kier molecular flexibility index (Phi) is 2.07. The Hall–Kier alpha value is -1.29. The summed E-state index contributed by atoms with van der Waals surface area (Å²) < 4.78 is 3.29. The number of hydrogen-bond acceptors (Lipinski definition) is 2. The van der Waals surface area contributed by atoms with E-state index in [1.54, 1.807) is 4.68 Å². The third kappa shape index (κ3) is 1.23. The summed E-state index contributed by atoms with van der Waals surface area (Å²) in [6.07, 6.45) is 0. The fourth-order valence-corrected chi connectivity index (χ4v) is 1.58. The van der Waals surface area contributed by atoms with Crippen LogP contribution in [0, 0.1) is 6.92 Å². The third-order valence-electron chi connectivity index (χ3n) is 2.26. The first kappa shape index (κ1) is 9.27. The van der Waals surface area contributed by atoms with Gasteiger partial charge in [0.15, 0.2) is 5.65 Å². The van der Waals surface area contributed by atoms with Crippen molar-refractivity contribution in [1.29, 1.82) is 0 Å². The van der Waals surface area contributed by atoms with Gasteiger partial charge in [-0.3, -0.25) is 9.48 Å². The molecule has 0 radical (unpaired) electrons. The summed E-state index contributed by atoms with van der Waals surface area (Å²) in [7, 11) is 1.83. The Morgan fingerprint density at radius 2 is 2.21 bits per heavy atom. The summed E-state index contributed by atoms with van der Waals surface area (Å²) in [6, 6.07) is 3.32. The maximum absolute atomic E-state index is 11.6. The Bertz CT molecular complexity index is 541. The molecular formula is C9H10ClN3O. The number of nitrogens with zero attached hydrogens (tertiary/aromatic N) is 3. The third-order valence-corrected chi connectivity index (χ3v) is 2.53. The molecule has 2 aromatic heterocycles. The molecule has 0 aliphatic rings. The molecule has 0 saturated carbocycles. The highest BCUT2D eigenvalue weighted by Crippen LogP contribution is 2.05. The molecule has 2 heterocycles. The van der Waals surface area contributed by atoms with E-state index in [-0.39, 0.29) is 11.4 Å². The molecular weight excluding hydrogens is 202 g/mol. The van der Waals surface area contributed by atoms with Crippen molar-refractivity contribution in [3.05, 3.63) is 33.9 Å². The number of halogens is 1. The average molecular weight is 212 g/mol. The summed E-state index contributed by atoms with van der Waals surface area (Å²) in [6.45, 7) is 1.93. The topological polar surface area (TPSA) is 39.3 Å². The molecule has 0 aliphatic heterocycles. The highest BCUT2D eigenvalue weighted by molar-refractivity contribution is 6.16. The van der Waals surface area contributed by atoms with Crippen LogP contribution in [0.15, 0.2) is 16.9 Å². The van der Waals surface area contributed by atoms with E-state index in [1.807, 2.05) is 20.0 Å². The van der Waals surface area contributed by atoms with Gasteiger partial charge in [0.25, 0.3) is 5.56 Å². The molecule has 74 valence electrons. The van der Waals surface area contributed by atoms with Crippen LogP contribution in [0.1, 0.15) is 11.4 Å². The standard InChI is InChI=1S/C9H10ClN3O/c1-6-3-8-11-7(5-10)4-9(14)13(8)12(6)2/h3-4H,5H2,1-2H3. The Morgan fingerprint density at radius 1 is 1.50 bits per heavy atom. The number of fused-ring (bicyclic) bond motifs is 1. The summed E-state index contributed by atoms with van der Waals surface area (Å²) in [4.78, 5) is 15.9. The van der Waals surface area contributed by atoms with Crippen LogP contribution in [-0.2, 0) is 12.9 Å². The summed E-state index contributed by atoms with van der Waals surface area (Å²) in [5, 5.41) is 0. The van der Waals surface area contributed by atoms with Crippen molar-refractivity contribution in [3.63, 3.8) is 0 Å². The maximum atomic E-state index is 11.6. The smallest absolute Gasteiger partial charge is 0.273 e. The number of alkyl halides is 1. The predicted molar refractivity (Wildman–Crippen MR) is 54.7 cm³/mol. The van der Waals surface area contributed by atoms with Gasteiger partial charge in [0, 0.05) is 24.9 Å². The monoisotopic (exact) mass is 211 g/mol. The second kappa shape index (κ2) is 3.13. The van der Waals surface area contributed by atoms with Gasteiger partial charge in [-0.25, -0.2) is 4.98 Å². The minimum absolute atomic E-state index is 0.0961. The van der Waals surface area contributed by atoms with Crippen molar-refractivity contribution in [3.8, 4) is 0 Å². The van der Waals surface area contributed by atoms with Crippen LogP contribution in [0.4, 0.5) is 0 Å². The van der Waals surface area contributed by atoms with Crippen LogP contribution in [0.2, 0.25) is 0 Å². The molecule has 4 nitrogen and oxygen atoms in total. The average Bonchev–Trinajstić information content (AvgIpc) is 2.43. The van der Waals surface area contributed by atoms with E-state index in [0.717, 1.165) is 5.69 Å². The highest BCUT2D eigenvalue weighted by atomic mass is 35.5. The molecule has 0 N–H and O–H groups in total. The van der Waals surface area contributed by atoms with Crippen molar-refractivity contribution in [2.45, 2.75) is 12.8 Å². The molecule has 0 aliphatic carbocycles. The quantitative estimate of drug-likeness (QED) is 0.663. The molecule has 2 rings (SSSR count). The molecule has 2 aromatic rings. The van der Waals surface area contributed by atoms with Gasteiger partial charge in [0.05, 0.1) is 11.6 Å². The van der Waals surface area contributed by atoms with Gasteiger partial charge in [0.2, 0.25) is 0 Å². The van der Waals surface area contributed by atoms with Gasteiger partial charge < -0.3 is 0 Å². The first-order valence-corrected chi connectivity index (χ1v) is 4.78. The Labute approximate surface area is 85.7 Å². The van der Waals surface area contributed by atoms with E-state index in [4.69, 9.17) is 11.6 Å². The van der Waals surface area contributed by atoms with Crippen molar-refractivity contribution in [1.82, 2.24) is 14.2 Å². The number of hydrogen-bond donors (Lipinski definition) is 0. The maximum Gasteiger partial charge on any atom is 0.273 e. The minimum Gasteiger partial charge on any atom is -0.284 e. The van der Waals surface area contributed by atoms with Gasteiger partial charge >= 0.3 is 0 Å². The second-order valence-electron chi connectivity index (χ2n) is 3.20. The van der Waals surface area contributed by atoms with E-state index in [0.29, 0.717) is 11.3 Å². The number of aryl methyl sites for hydroxylation is 2. The van der Waals surface area contributed by atoms with E-state index >= 15 is 0 Å². The fraction of sp³-hybridized carbons (Fsp3) is 0.333. The van der Waals surface area contributed by atoms with E-state index in [1.165, 1.54) is 10.6 Å². The summed E-state index contributed by atoms with van der Waals surface area (Å²) >= 11 is 5.63.